The van der Waals surface area contributed by atoms with Gasteiger partial charge in [0.05, 0.1) is 0 Å². The van der Waals surface area contributed by atoms with Gasteiger partial charge in [0.15, 0.2) is 0 Å². The van der Waals surface area contributed by atoms with E-state index < -0.39 is 0 Å². The maximum absolute atomic E-state index is 2.53. The maximum atomic E-state index is 2.53. The molecule has 0 saturated heterocycles. The van der Waals surface area contributed by atoms with Crippen LogP contribution in [0.3, 0.4) is 0 Å². The lowest BCUT2D eigenvalue weighted by Gasteiger charge is -2.41. The first-order valence-corrected chi connectivity index (χ1v) is 10.5. The molecule has 2 rings (SSSR count). The summed E-state index contributed by atoms with van der Waals surface area (Å²) in [6.07, 6.45) is 15.1. The van der Waals surface area contributed by atoms with E-state index in [2.05, 4.69) is 34.6 Å². The van der Waals surface area contributed by atoms with Crippen molar-refractivity contribution >= 4 is 0 Å². The van der Waals surface area contributed by atoms with E-state index in [1.54, 1.807) is 25.7 Å². The van der Waals surface area contributed by atoms with Crippen LogP contribution in [0, 0.1) is 41.4 Å². The summed E-state index contributed by atoms with van der Waals surface area (Å²) in [5.41, 5.74) is 0. The number of hydrogen-bond donors (Lipinski definition) is 0. The third-order valence-corrected chi connectivity index (χ3v) is 7.50. The summed E-state index contributed by atoms with van der Waals surface area (Å²) in [6.45, 7) is 12.2. The summed E-state index contributed by atoms with van der Waals surface area (Å²) in [5, 5.41) is 0. The Bertz CT molecular complexity index is 289. The Morgan fingerprint density at radius 3 is 1.73 bits per heavy atom. The molecule has 0 radical (unpaired) electrons. The van der Waals surface area contributed by atoms with E-state index in [9.17, 15) is 0 Å². The molecular weight excluding hydrogens is 264 g/mol. The Kier molecular flexibility index (Phi) is 7.29. The van der Waals surface area contributed by atoms with E-state index in [1.165, 1.54) is 38.5 Å². The van der Waals surface area contributed by atoms with Gasteiger partial charge in [-0.25, -0.2) is 0 Å². The van der Waals surface area contributed by atoms with Crippen LogP contribution in [0.15, 0.2) is 0 Å². The zero-order valence-corrected chi connectivity index (χ0v) is 16.1. The Morgan fingerprint density at radius 2 is 1.27 bits per heavy atom. The van der Waals surface area contributed by atoms with Crippen molar-refractivity contribution in [1.82, 2.24) is 0 Å². The Labute approximate surface area is 140 Å². The third-order valence-electron chi connectivity index (χ3n) is 7.50. The van der Waals surface area contributed by atoms with Crippen LogP contribution in [-0.2, 0) is 0 Å². The minimum Gasteiger partial charge on any atom is -0.0654 e. The molecule has 0 nitrogen and oxygen atoms in total. The van der Waals surface area contributed by atoms with Gasteiger partial charge < -0.3 is 0 Å². The van der Waals surface area contributed by atoms with Crippen molar-refractivity contribution in [3.8, 4) is 0 Å². The smallest absolute Gasteiger partial charge is 0.0358 e. The summed E-state index contributed by atoms with van der Waals surface area (Å²) in [5.74, 6) is 6.98. The predicted octanol–water partition coefficient (Wildman–Crippen LogP) is 7.33. The van der Waals surface area contributed by atoms with Crippen molar-refractivity contribution in [2.75, 3.05) is 0 Å². The monoisotopic (exact) mass is 306 g/mol. The van der Waals surface area contributed by atoms with Gasteiger partial charge in [0.1, 0.15) is 0 Å². The van der Waals surface area contributed by atoms with Crippen molar-refractivity contribution in [1.29, 1.82) is 0 Å². The molecule has 2 aliphatic rings. The first-order valence-electron chi connectivity index (χ1n) is 10.5. The normalized spacial score (nSPS) is 36.3. The SMILES string of the molecule is CCCC(C1CCC(C2CCC(C)CC2)CC1)C(C)C(C)C. The van der Waals surface area contributed by atoms with Gasteiger partial charge in [0, 0.05) is 0 Å². The van der Waals surface area contributed by atoms with E-state index in [-0.39, 0.29) is 0 Å². The fourth-order valence-electron chi connectivity index (χ4n) is 5.56. The molecule has 22 heavy (non-hydrogen) atoms. The van der Waals surface area contributed by atoms with Crippen molar-refractivity contribution < 1.29 is 0 Å². The van der Waals surface area contributed by atoms with Gasteiger partial charge in [-0.15, -0.1) is 0 Å². The first kappa shape index (κ1) is 18.3. The fraction of sp³-hybridized carbons (Fsp3) is 1.00. The zero-order valence-electron chi connectivity index (χ0n) is 16.1. The largest absolute Gasteiger partial charge is 0.0654 e. The molecule has 0 bridgehead atoms. The molecule has 2 unspecified atom stereocenters. The van der Waals surface area contributed by atoms with Gasteiger partial charge in [0.25, 0.3) is 0 Å². The minimum atomic E-state index is 0.856. The molecule has 2 atom stereocenters. The van der Waals surface area contributed by atoms with E-state index in [4.69, 9.17) is 0 Å². The molecule has 0 spiro atoms. The quantitative estimate of drug-likeness (QED) is 0.482. The summed E-state index contributed by atoms with van der Waals surface area (Å²) >= 11 is 0. The van der Waals surface area contributed by atoms with Gasteiger partial charge in [-0.05, 0) is 80.0 Å². The van der Waals surface area contributed by atoms with E-state index in [0.717, 1.165) is 41.4 Å². The van der Waals surface area contributed by atoms with Crippen LogP contribution in [-0.4, -0.2) is 0 Å². The molecule has 0 aromatic rings. The second-order valence-electron chi connectivity index (χ2n) is 9.25. The highest BCUT2D eigenvalue weighted by Gasteiger charge is 2.34. The van der Waals surface area contributed by atoms with Crippen molar-refractivity contribution in [3.05, 3.63) is 0 Å². The van der Waals surface area contributed by atoms with Crippen molar-refractivity contribution in [2.24, 2.45) is 41.4 Å². The zero-order chi connectivity index (χ0) is 16.1. The van der Waals surface area contributed by atoms with Gasteiger partial charge in [-0.3, -0.25) is 0 Å². The van der Waals surface area contributed by atoms with Crippen LogP contribution in [0.2, 0.25) is 0 Å². The number of rotatable bonds is 6. The summed E-state index contributed by atoms with van der Waals surface area (Å²) in [7, 11) is 0. The van der Waals surface area contributed by atoms with E-state index in [0.29, 0.717) is 0 Å². The lowest BCUT2D eigenvalue weighted by Crippen LogP contribution is -2.31. The molecule has 0 heterocycles. The molecule has 0 amide bonds. The van der Waals surface area contributed by atoms with Crippen LogP contribution < -0.4 is 0 Å². The highest BCUT2D eigenvalue weighted by molar-refractivity contribution is 4.85. The van der Waals surface area contributed by atoms with Crippen LogP contribution >= 0.6 is 0 Å². The predicted molar refractivity (Wildman–Crippen MR) is 99.0 cm³/mol. The van der Waals surface area contributed by atoms with E-state index in [1.807, 2.05) is 0 Å². The van der Waals surface area contributed by atoms with Gasteiger partial charge in [-0.2, -0.15) is 0 Å². The Balaban J connectivity index is 1.84. The topological polar surface area (TPSA) is 0 Å². The molecule has 130 valence electrons. The van der Waals surface area contributed by atoms with Crippen molar-refractivity contribution in [2.45, 2.75) is 98.8 Å². The first-order chi connectivity index (χ1) is 10.5. The van der Waals surface area contributed by atoms with Gasteiger partial charge in [0.2, 0.25) is 0 Å². The third kappa shape index (κ3) is 4.75. The van der Waals surface area contributed by atoms with Gasteiger partial charge in [-0.1, -0.05) is 60.3 Å². The average Bonchev–Trinajstić information content (AvgIpc) is 2.53. The standard InChI is InChI=1S/C22H42/c1-6-7-22(18(5)16(2)3)21-14-12-20(13-15-21)19-10-8-17(4)9-11-19/h16-22H,6-15H2,1-5H3. The maximum Gasteiger partial charge on any atom is -0.0358 e. The average molecular weight is 307 g/mol. The summed E-state index contributed by atoms with van der Waals surface area (Å²) in [6, 6.07) is 0. The molecule has 0 heteroatoms. The molecular formula is C22H42. The molecule has 2 saturated carbocycles. The van der Waals surface area contributed by atoms with Crippen LogP contribution in [0.1, 0.15) is 98.8 Å². The highest BCUT2D eigenvalue weighted by Crippen LogP contribution is 2.45. The highest BCUT2D eigenvalue weighted by atomic mass is 14.4. The lowest BCUT2D eigenvalue weighted by molar-refractivity contribution is 0.0932. The lowest BCUT2D eigenvalue weighted by atomic mass is 9.64. The Hall–Kier alpha value is 0. The van der Waals surface area contributed by atoms with Crippen LogP contribution in [0.5, 0.6) is 0 Å². The van der Waals surface area contributed by atoms with Crippen LogP contribution in [0.4, 0.5) is 0 Å². The molecule has 0 aromatic heterocycles. The second-order valence-corrected chi connectivity index (χ2v) is 9.25. The van der Waals surface area contributed by atoms with Crippen LogP contribution in [0.25, 0.3) is 0 Å². The van der Waals surface area contributed by atoms with E-state index >= 15 is 0 Å². The fourth-order valence-corrected chi connectivity index (χ4v) is 5.56. The molecule has 0 aliphatic heterocycles. The van der Waals surface area contributed by atoms with Gasteiger partial charge >= 0.3 is 0 Å². The molecule has 0 N–H and O–H groups in total. The summed E-state index contributed by atoms with van der Waals surface area (Å²) in [4.78, 5) is 0. The number of hydrogen-bond acceptors (Lipinski definition) is 0. The van der Waals surface area contributed by atoms with Crippen molar-refractivity contribution in [3.63, 3.8) is 0 Å². The molecule has 0 aromatic carbocycles. The Morgan fingerprint density at radius 1 is 0.773 bits per heavy atom. The second kappa shape index (κ2) is 8.74. The molecule has 2 aliphatic carbocycles. The minimum absolute atomic E-state index is 0.856. The molecule has 2 fully saturated rings. The summed E-state index contributed by atoms with van der Waals surface area (Å²) < 4.78 is 0.